The average molecular weight is 365 g/mol. The van der Waals surface area contributed by atoms with E-state index in [1.54, 1.807) is 0 Å². The van der Waals surface area contributed by atoms with Crippen molar-refractivity contribution in [2.24, 2.45) is 0 Å². The van der Waals surface area contributed by atoms with Gasteiger partial charge in [0.25, 0.3) is 0 Å². The Morgan fingerprint density at radius 2 is 0.885 bits per heavy atom. The van der Waals surface area contributed by atoms with Crippen molar-refractivity contribution >= 4 is 11.7 Å². The van der Waals surface area contributed by atoms with Gasteiger partial charge in [0.2, 0.25) is 0 Å². The summed E-state index contributed by atoms with van der Waals surface area (Å²) < 4.78 is 0. The minimum absolute atomic E-state index is 0.0471. The number of allylic oxidation sites excluding steroid dienone is 1. The lowest BCUT2D eigenvalue weighted by atomic mass is 9.99. The van der Waals surface area contributed by atoms with Crippen LogP contribution in [0.25, 0.3) is 0 Å². The van der Waals surface area contributed by atoms with Crippen molar-refractivity contribution in [1.29, 1.82) is 0 Å². The number of hydrogen-bond donors (Lipinski definition) is 0. The van der Waals surface area contributed by atoms with E-state index in [1.165, 1.54) is 83.5 Å². The van der Waals surface area contributed by atoms with Gasteiger partial charge in [-0.2, -0.15) is 0 Å². The van der Waals surface area contributed by atoms with Gasteiger partial charge >= 0.3 is 0 Å². The van der Waals surface area contributed by atoms with Crippen molar-refractivity contribution in [3.63, 3.8) is 0 Å². The van der Waals surface area contributed by atoms with E-state index in [9.17, 15) is 9.59 Å². The van der Waals surface area contributed by atoms with Crippen molar-refractivity contribution in [2.75, 3.05) is 0 Å². The standard InChI is InChI=1S/C24H44O2/c1-3-5-7-9-11-13-15-17-19-21-24(26)23(22-25)20-18-16-14-12-10-8-6-4-2/h3-21H2,1-2H3. The minimum Gasteiger partial charge on any atom is -0.294 e. The molecule has 0 spiro atoms. The molecule has 0 heterocycles. The molecule has 0 saturated carbocycles. The van der Waals surface area contributed by atoms with Gasteiger partial charge in [-0.15, -0.1) is 0 Å². The quantitative estimate of drug-likeness (QED) is 0.126. The molecule has 0 radical (unpaired) electrons. The molecule has 26 heavy (non-hydrogen) atoms. The Bertz CT molecular complexity index is 366. The predicted molar refractivity (Wildman–Crippen MR) is 113 cm³/mol. The van der Waals surface area contributed by atoms with Crippen LogP contribution in [0.3, 0.4) is 0 Å². The van der Waals surface area contributed by atoms with Crippen molar-refractivity contribution in [3.8, 4) is 0 Å². The minimum atomic E-state index is 0.0471. The van der Waals surface area contributed by atoms with E-state index < -0.39 is 0 Å². The molecule has 0 atom stereocenters. The van der Waals surface area contributed by atoms with Crippen molar-refractivity contribution < 1.29 is 9.59 Å². The van der Waals surface area contributed by atoms with Crippen LogP contribution in [0.2, 0.25) is 0 Å². The maximum absolute atomic E-state index is 12.1. The first kappa shape index (κ1) is 25.1. The summed E-state index contributed by atoms with van der Waals surface area (Å²) in [5.41, 5.74) is 0.413. The SMILES string of the molecule is CCCCCCCCCCCC(=O)C(=C=O)CCCCCCCCCC. The van der Waals surface area contributed by atoms with Crippen LogP contribution < -0.4 is 0 Å². The first-order valence-electron chi connectivity index (χ1n) is 11.5. The molecule has 2 heteroatoms. The third kappa shape index (κ3) is 16.6. The zero-order chi connectivity index (χ0) is 19.3. The second kappa shape index (κ2) is 20.4. The second-order valence-electron chi connectivity index (χ2n) is 7.81. The van der Waals surface area contributed by atoms with Crippen LogP contribution in [0.4, 0.5) is 0 Å². The highest BCUT2D eigenvalue weighted by molar-refractivity contribution is 6.02. The molecule has 0 fully saturated rings. The smallest absolute Gasteiger partial charge is 0.169 e. The molecule has 0 aliphatic heterocycles. The van der Waals surface area contributed by atoms with Crippen LogP contribution >= 0.6 is 0 Å². The van der Waals surface area contributed by atoms with Crippen LogP contribution in [-0.2, 0) is 9.59 Å². The zero-order valence-corrected chi connectivity index (χ0v) is 17.8. The molecule has 0 amide bonds. The molecule has 0 aromatic carbocycles. The number of hydrogen-bond acceptors (Lipinski definition) is 2. The molecule has 0 aromatic heterocycles. The highest BCUT2D eigenvalue weighted by atomic mass is 16.1. The summed E-state index contributed by atoms with van der Waals surface area (Å²) in [5.74, 6) is 1.97. The Kier molecular flexibility index (Phi) is 19.7. The number of ketones is 1. The monoisotopic (exact) mass is 364 g/mol. The highest BCUT2D eigenvalue weighted by Gasteiger charge is 2.10. The maximum Gasteiger partial charge on any atom is 0.169 e. The Hall–Kier alpha value is -0.880. The summed E-state index contributed by atoms with van der Waals surface area (Å²) in [5, 5.41) is 0. The van der Waals surface area contributed by atoms with Gasteiger partial charge in [-0.3, -0.25) is 4.79 Å². The summed E-state index contributed by atoms with van der Waals surface area (Å²) in [6.07, 6.45) is 22.3. The fourth-order valence-corrected chi connectivity index (χ4v) is 3.43. The number of Topliss-reactive ketones (excluding diaryl/α,β-unsaturated/α-hetero) is 1. The van der Waals surface area contributed by atoms with Crippen LogP contribution in [0, 0.1) is 0 Å². The van der Waals surface area contributed by atoms with Crippen LogP contribution in [-0.4, -0.2) is 11.7 Å². The molecule has 0 rings (SSSR count). The number of rotatable bonds is 20. The third-order valence-corrected chi connectivity index (χ3v) is 5.25. The molecular formula is C24H44O2. The Morgan fingerprint density at radius 1 is 0.538 bits per heavy atom. The summed E-state index contributed by atoms with van der Waals surface area (Å²) in [4.78, 5) is 23.2. The van der Waals surface area contributed by atoms with Crippen LogP contribution in [0.5, 0.6) is 0 Å². The number of carbonyl (C=O) groups excluding carboxylic acids is 2. The van der Waals surface area contributed by atoms with Crippen molar-refractivity contribution in [2.45, 2.75) is 136 Å². The molecule has 0 aromatic rings. The van der Waals surface area contributed by atoms with Gasteiger partial charge in [-0.25, -0.2) is 4.79 Å². The summed E-state index contributed by atoms with van der Waals surface area (Å²) in [6.45, 7) is 4.48. The van der Waals surface area contributed by atoms with E-state index >= 15 is 0 Å². The lowest BCUT2D eigenvalue weighted by Gasteiger charge is -2.04. The lowest BCUT2D eigenvalue weighted by molar-refractivity contribution is -0.115. The topological polar surface area (TPSA) is 34.1 Å². The molecule has 0 unspecified atom stereocenters. The Labute approximate surface area is 163 Å². The molecule has 0 aliphatic carbocycles. The van der Waals surface area contributed by atoms with Gasteiger partial charge in [0.1, 0.15) is 5.94 Å². The first-order chi connectivity index (χ1) is 12.8. The predicted octanol–water partition coefficient (Wildman–Crippen LogP) is 7.77. The molecule has 0 N–H and O–H groups in total. The normalized spacial score (nSPS) is 10.7. The Morgan fingerprint density at radius 3 is 1.27 bits per heavy atom. The van der Waals surface area contributed by atoms with Crippen molar-refractivity contribution in [1.82, 2.24) is 0 Å². The number of unbranched alkanes of at least 4 members (excludes halogenated alkanes) is 15. The van der Waals surface area contributed by atoms with Gasteiger partial charge in [-0.05, 0) is 19.3 Å². The van der Waals surface area contributed by atoms with E-state index in [-0.39, 0.29) is 5.78 Å². The highest BCUT2D eigenvalue weighted by Crippen LogP contribution is 2.15. The van der Waals surface area contributed by atoms with E-state index in [2.05, 4.69) is 13.8 Å². The van der Waals surface area contributed by atoms with E-state index in [0.29, 0.717) is 18.4 Å². The lowest BCUT2D eigenvalue weighted by Crippen LogP contribution is -2.03. The summed E-state index contributed by atoms with van der Waals surface area (Å²) in [6, 6.07) is 0. The third-order valence-electron chi connectivity index (χ3n) is 5.25. The van der Waals surface area contributed by atoms with Gasteiger partial charge in [0.05, 0.1) is 5.57 Å². The molecular weight excluding hydrogens is 320 g/mol. The number of carbonyl (C=O) groups is 1. The van der Waals surface area contributed by atoms with Gasteiger partial charge in [0, 0.05) is 6.42 Å². The molecule has 0 bridgehead atoms. The fourth-order valence-electron chi connectivity index (χ4n) is 3.43. The van der Waals surface area contributed by atoms with Gasteiger partial charge in [0.15, 0.2) is 5.78 Å². The molecule has 152 valence electrons. The summed E-state index contributed by atoms with van der Waals surface area (Å²) in [7, 11) is 0. The van der Waals surface area contributed by atoms with Gasteiger partial charge in [-0.1, -0.05) is 110 Å². The maximum atomic E-state index is 12.1. The van der Waals surface area contributed by atoms with E-state index in [4.69, 9.17) is 0 Å². The molecule has 2 nitrogen and oxygen atoms in total. The fraction of sp³-hybridized carbons (Fsp3) is 0.875. The van der Waals surface area contributed by atoms with Crippen LogP contribution in [0.1, 0.15) is 136 Å². The zero-order valence-electron chi connectivity index (χ0n) is 17.8. The second-order valence-corrected chi connectivity index (χ2v) is 7.81. The summed E-state index contributed by atoms with van der Waals surface area (Å²) >= 11 is 0. The van der Waals surface area contributed by atoms with E-state index in [1.807, 2.05) is 5.94 Å². The average Bonchev–Trinajstić information content (AvgIpc) is 2.65. The molecule has 0 aliphatic rings. The van der Waals surface area contributed by atoms with Crippen LogP contribution in [0.15, 0.2) is 5.57 Å². The molecule has 0 saturated heterocycles. The van der Waals surface area contributed by atoms with E-state index in [0.717, 1.165) is 25.7 Å². The van der Waals surface area contributed by atoms with Gasteiger partial charge < -0.3 is 0 Å². The largest absolute Gasteiger partial charge is 0.294 e. The van der Waals surface area contributed by atoms with Crippen molar-refractivity contribution in [3.05, 3.63) is 5.57 Å². The Balaban J connectivity index is 3.55. The first-order valence-corrected chi connectivity index (χ1v) is 11.5.